The summed E-state index contributed by atoms with van der Waals surface area (Å²) in [6.45, 7) is 5.99. The molecule has 0 amide bonds. The summed E-state index contributed by atoms with van der Waals surface area (Å²) in [6.07, 6.45) is 4.10. The first-order valence-electron chi connectivity index (χ1n) is 5.92. The Morgan fingerprint density at radius 2 is 2.00 bits per heavy atom. The lowest BCUT2D eigenvalue weighted by Crippen LogP contribution is -2.27. The number of fused-ring (bicyclic) bond motifs is 2. The van der Waals surface area contributed by atoms with Gasteiger partial charge in [-0.3, -0.25) is 0 Å². The van der Waals surface area contributed by atoms with E-state index in [1.54, 1.807) is 12.1 Å². The van der Waals surface area contributed by atoms with Crippen molar-refractivity contribution in [3.63, 3.8) is 0 Å². The molecule has 0 aliphatic carbocycles. The molecule has 3 rings (SSSR count). The van der Waals surface area contributed by atoms with E-state index in [4.69, 9.17) is 9.15 Å². The first-order valence-corrected chi connectivity index (χ1v) is 5.92. The topological polar surface area (TPSA) is 39.4 Å². The fraction of sp³-hybridized carbons (Fsp3) is 0.267. The van der Waals surface area contributed by atoms with Crippen molar-refractivity contribution in [2.24, 2.45) is 0 Å². The summed E-state index contributed by atoms with van der Waals surface area (Å²) in [6, 6.07) is 5.04. The molecule has 0 saturated heterocycles. The van der Waals surface area contributed by atoms with Gasteiger partial charge in [0.25, 0.3) is 0 Å². The second-order valence-electron chi connectivity index (χ2n) is 5.12. The van der Waals surface area contributed by atoms with E-state index >= 15 is 0 Å². The lowest BCUT2D eigenvalue weighted by molar-refractivity contribution is 0.159. The Balaban J connectivity index is 2.35. The summed E-state index contributed by atoms with van der Waals surface area (Å²) in [5, 5.41) is 0.946. The maximum Gasteiger partial charge on any atom is 0.336 e. The monoisotopic (exact) mass is 242 g/mol. The number of hydrogen-bond donors (Lipinski definition) is 0. The standard InChI is InChI=1S/C15H14O3/c1-9-10-4-5-14(16)17-12(10)8-13-11(9)6-7-15(2,3)18-13/h4-8H,1-3H3. The van der Waals surface area contributed by atoms with E-state index < -0.39 is 0 Å². The third kappa shape index (κ3) is 1.63. The summed E-state index contributed by atoms with van der Waals surface area (Å²) in [5.74, 6) is 0.766. The van der Waals surface area contributed by atoms with Gasteiger partial charge in [0.05, 0.1) is 0 Å². The zero-order valence-corrected chi connectivity index (χ0v) is 10.6. The first kappa shape index (κ1) is 11.1. The molecule has 0 N–H and O–H groups in total. The van der Waals surface area contributed by atoms with Crippen LogP contribution in [0.4, 0.5) is 0 Å². The molecule has 92 valence electrons. The average Bonchev–Trinajstić information content (AvgIpc) is 2.27. The lowest BCUT2D eigenvalue weighted by atomic mass is 9.97. The van der Waals surface area contributed by atoms with Crippen molar-refractivity contribution >= 4 is 17.0 Å². The molecular weight excluding hydrogens is 228 g/mol. The average molecular weight is 242 g/mol. The highest BCUT2D eigenvalue weighted by Crippen LogP contribution is 2.36. The molecule has 0 radical (unpaired) electrons. The van der Waals surface area contributed by atoms with E-state index in [2.05, 4.69) is 6.08 Å². The summed E-state index contributed by atoms with van der Waals surface area (Å²) < 4.78 is 11.1. The number of rotatable bonds is 0. The molecule has 1 aromatic heterocycles. The molecule has 0 atom stereocenters. The molecule has 18 heavy (non-hydrogen) atoms. The van der Waals surface area contributed by atoms with Crippen LogP contribution in [0.3, 0.4) is 0 Å². The minimum absolute atomic E-state index is 0.331. The smallest absolute Gasteiger partial charge is 0.336 e. The van der Waals surface area contributed by atoms with E-state index in [0.717, 1.165) is 22.3 Å². The molecule has 0 spiro atoms. The van der Waals surface area contributed by atoms with Gasteiger partial charge in [0.15, 0.2) is 0 Å². The zero-order chi connectivity index (χ0) is 12.9. The second kappa shape index (κ2) is 3.48. The fourth-order valence-electron chi connectivity index (χ4n) is 2.27. The normalized spacial score (nSPS) is 16.4. The minimum atomic E-state index is -0.340. The van der Waals surface area contributed by atoms with E-state index in [0.29, 0.717) is 5.58 Å². The van der Waals surface area contributed by atoms with Crippen molar-refractivity contribution in [1.82, 2.24) is 0 Å². The predicted molar refractivity (Wildman–Crippen MR) is 71.0 cm³/mol. The molecule has 0 saturated carbocycles. The van der Waals surface area contributed by atoms with Crippen LogP contribution in [0.2, 0.25) is 0 Å². The summed E-state index contributed by atoms with van der Waals surface area (Å²) >= 11 is 0. The molecule has 0 unspecified atom stereocenters. The van der Waals surface area contributed by atoms with Gasteiger partial charge < -0.3 is 9.15 Å². The van der Waals surface area contributed by atoms with Crippen LogP contribution in [0, 0.1) is 6.92 Å². The first-order chi connectivity index (χ1) is 8.46. The van der Waals surface area contributed by atoms with Gasteiger partial charge in [-0.25, -0.2) is 4.79 Å². The van der Waals surface area contributed by atoms with Crippen molar-refractivity contribution in [2.45, 2.75) is 26.4 Å². The predicted octanol–water partition coefficient (Wildman–Crippen LogP) is 3.29. The highest BCUT2D eigenvalue weighted by Gasteiger charge is 2.23. The van der Waals surface area contributed by atoms with Crippen molar-refractivity contribution in [1.29, 1.82) is 0 Å². The molecular formula is C15H14O3. The summed E-state index contributed by atoms with van der Waals surface area (Å²) in [7, 11) is 0. The van der Waals surface area contributed by atoms with E-state index in [1.165, 1.54) is 6.07 Å². The summed E-state index contributed by atoms with van der Waals surface area (Å²) in [4.78, 5) is 11.3. The molecule has 0 fully saturated rings. The van der Waals surface area contributed by atoms with Gasteiger partial charge in [-0.05, 0) is 38.5 Å². The van der Waals surface area contributed by atoms with Crippen LogP contribution < -0.4 is 10.4 Å². The van der Waals surface area contributed by atoms with Gasteiger partial charge >= 0.3 is 5.63 Å². The minimum Gasteiger partial charge on any atom is -0.483 e. The largest absolute Gasteiger partial charge is 0.483 e. The Morgan fingerprint density at radius 1 is 1.22 bits per heavy atom. The zero-order valence-electron chi connectivity index (χ0n) is 10.6. The lowest BCUT2D eigenvalue weighted by Gasteiger charge is -2.28. The Bertz CT molecular complexity index is 720. The van der Waals surface area contributed by atoms with Crippen LogP contribution in [0.5, 0.6) is 5.75 Å². The Morgan fingerprint density at radius 3 is 2.78 bits per heavy atom. The Hall–Kier alpha value is -2.03. The van der Waals surface area contributed by atoms with Crippen molar-refractivity contribution < 1.29 is 9.15 Å². The van der Waals surface area contributed by atoms with E-state index in [-0.39, 0.29) is 11.2 Å². The molecule has 0 bridgehead atoms. The molecule has 3 heteroatoms. The van der Waals surface area contributed by atoms with Crippen LogP contribution in [-0.2, 0) is 0 Å². The van der Waals surface area contributed by atoms with Gasteiger partial charge in [-0.1, -0.05) is 6.08 Å². The second-order valence-corrected chi connectivity index (χ2v) is 5.12. The van der Waals surface area contributed by atoms with Crippen molar-refractivity contribution in [3.05, 3.63) is 45.8 Å². The summed E-state index contributed by atoms with van der Waals surface area (Å²) in [5.41, 5.74) is 2.02. The third-order valence-electron chi connectivity index (χ3n) is 3.22. The molecule has 1 aliphatic rings. The van der Waals surface area contributed by atoms with Gasteiger partial charge in [-0.2, -0.15) is 0 Å². The SMILES string of the molecule is Cc1c2c(cc3oc(=O)ccc13)OC(C)(C)C=C2. The molecule has 3 nitrogen and oxygen atoms in total. The van der Waals surface area contributed by atoms with Crippen molar-refractivity contribution in [3.8, 4) is 5.75 Å². The van der Waals surface area contributed by atoms with Crippen LogP contribution in [0.25, 0.3) is 17.0 Å². The van der Waals surface area contributed by atoms with Gasteiger partial charge in [0.2, 0.25) is 0 Å². The molecule has 1 aliphatic heterocycles. The maximum absolute atomic E-state index is 11.3. The molecule has 1 aromatic carbocycles. The highest BCUT2D eigenvalue weighted by molar-refractivity contribution is 5.87. The number of ether oxygens (including phenoxy) is 1. The van der Waals surface area contributed by atoms with E-state index in [1.807, 2.05) is 26.8 Å². The van der Waals surface area contributed by atoms with Gasteiger partial charge in [-0.15, -0.1) is 0 Å². The van der Waals surface area contributed by atoms with Crippen LogP contribution in [0.1, 0.15) is 25.0 Å². The van der Waals surface area contributed by atoms with Crippen LogP contribution in [0.15, 0.2) is 33.5 Å². The fourth-order valence-corrected chi connectivity index (χ4v) is 2.27. The number of hydrogen-bond acceptors (Lipinski definition) is 3. The Kier molecular flexibility index (Phi) is 2.14. The maximum atomic E-state index is 11.3. The van der Waals surface area contributed by atoms with Crippen LogP contribution >= 0.6 is 0 Å². The van der Waals surface area contributed by atoms with Gasteiger partial charge in [0, 0.05) is 23.1 Å². The quantitative estimate of drug-likeness (QED) is 0.665. The highest BCUT2D eigenvalue weighted by atomic mass is 16.5. The molecule has 2 aromatic rings. The van der Waals surface area contributed by atoms with E-state index in [9.17, 15) is 4.79 Å². The number of benzene rings is 1. The molecule has 2 heterocycles. The van der Waals surface area contributed by atoms with Crippen LogP contribution in [-0.4, -0.2) is 5.60 Å². The number of aryl methyl sites for hydroxylation is 1. The third-order valence-corrected chi connectivity index (χ3v) is 3.22. The van der Waals surface area contributed by atoms with Crippen molar-refractivity contribution in [2.75, 3.05) is 0 Å². The van der Waals surface area contributed by atoms with Gasteiger partial charge in [0.1, 0.15) is 16.9 Å². The Labute approximate surface area is 105 Å².